The lowest BCUT2D eigenvalue weighted by molar-refractivity contribution is -0.384. The molecule has 0 aliphatic heterocycles. The molecule has 9 nitrogen and oxygen atoms in total. The van der Waals surface area contributed by atoms with Crippen LogP contribution in [0.2, 0.25) is 0 Å². The van der Waals surface area contributed by atoms with Gasteiger partial charge in [-0.25, -0.2) is 9.78 Å². The normalized spacial score (nSPS) is 11.1. The highest BCUT2D eigenvalue weighted by Gasteiger charge is 2.20. The summed E-state index contributed by atoms with van der Waals surface area (Å²) in [5.41, 5.74) is 2.13. The lowest BCUT2D eigenvalue weighted by Crippen LogP contribution is -2.07. The third kappa shape index (κ3) is 3.61. The van der Waals surface area contributed by atoms with Crippen LogP contribution >= 0.6 is 11.8 Å². The van der Waals surface area contributed by atoms with Crippen molar-refractivity contribution in [1.82, 2.24) is 19.8 Å². The van der Waals surface area contributed by atoms with E-state index < -0.39 is 10.9 Å². The molecule has 0 aliphatic rings. The van der Waals surface area contributed by atoms with Crippen molar-refractivity contribution < 1.29 is 14.5 Å². The predicted molar refractivity (Wildman–Crippen MR) is 107 cm³/mol. The Labute approximate surface area is 168 Å². The first-order valence-electron chi connectivity index (χ1n) is 8.76. The first-order valence-corrected chi connectivity index (χ1v) is 9.74. The number of nitrogens with zero attached hydrogens (tertiary/aromatic N) is 5. The molecule has 29 heavy (non-hydrogen) atoms. The highest BCUT2D eigenvalue weighted by molar-refractivity contribution is 7.98. The summed E-state index contributed by atoms with van der Waals surface area (Å²) < 4.78 is 6.57. The molecule has 2 heterocycles. The van der Waals surface area contributed by atoms with E-state index in [1.165, 1.54) is 28.4 Å². The van der Waals surface area contributed by atoms with E-state index in [9.17, 15) is 14.9 Å². The summed E-state index contributed by atoms with van der Waals surface area (Å²) in [5.74, 6) is -0.0156. The number of nitro benzene ring substituents is 1. The van der Waals surface area contributed by atoms with Crippen LogP contribution in [0, 0.1) is 10.1 Å². The summed E-state index contributed by atoms with van der Waals surface area (Å²) in [7, 11) is 0. The Morgan fingerprint density at radius 1 is 1.21 bits per heavy atom. The van der Waals surface area contributed by atoms with Gasteiger partial charge in [0.1, 0.15) is 5.03 Å². The van der Waals surface area contributed by atoms with Gasteiger partial charge in [0.15, 0.2) is 5.65 Å². The second-order valence-corrected chi connectivity index (χ2v) is 7.00. The van der Waals surface area contributed by atoms with Crippen LogP contribution in [0.3, 0.4) is 0 Å². The van der Waals surface area contributed by atoms with Crippen molar-refractivity contribution in [2.45, 2.75) is 17.7 Å². The van der Waals surface area contributed by atoms with Crippen molar-refractivity contribution in [2.24, 2.45) is 0 Å². The molecular weight excluding hydrogens is 394 g/mol. The SMILES string of the molecule is CCOC(=O)c1nnn2c1nc(SCc1ccc([N+](=O)[O-])cc1)c1ccccc12. The monoisotopic (exact) mass is 409 g/mol. The average molecular weight is 409 g/mol. The van der Waals surface area contributed by atoms with Crippen LogP contribution in [0.15, 0.2) is 53.6 Å². The van der Waals surface area contributed by atoms with Gasteiger partial charge in [0.25, 0.3) is 5.69 Å². The van der Waals surface area contributed by atoms with Gasteiger partial charge in [0, 0.05) is 23.3 Å². The molecule has 0 N–H and O–H groups in total. The largest absolute Gasteiger partial charge is 0.461 e. The van der Waals surface area contributed by atoms with Gasteiger partial charge >= 0.3 is 5.97 Å². The number of para-hydroxylation sites is 1. The zero-order valence-corrected chi connectivity index (χ0v) is 16.1. The van der Waals surface area contributed by atoms with Crippen molar-refractivity contribution in [3.8, 4) is 0 Å². The molecule has 10 heteroatoms. The molecule has 4 rings (SSSR count). The second kappa shape index (κ2) is 7.84. The number of hydrogen-bond acceptors (Lipinski definition) is 8. The van der Waals surface area contributed by atoms with Gasteiger partial charge in [-0.2, -0.15) is 4.52 Å². The Balaban J connectivity index is 1.72. The van der Waals surface area contributed by atoms with Gasteiger partial charge in [-0.15, -0.1) is 16.9 Å². The van der Waals surface area contributed by atoms with Crippen molar-refractivity contribution in [3.63, 3.8) is 0 Å². The number of thioether (sulfide) groups is 1. The number of non-ortho nitro benzene ring substituents is 1. The summed E-state index contributed by atoms with van der Waals surface area (Å²) >= 11 is 1.47. The maximum atomic E-state index is 12.2. The Hall–Kier alpha value is -3.53. The highest BCUT2D eigenvalue weighted by atomic mass is 32.2. The Morgan fingerprint density at radius 2 is 1.97 bits per heavy atom. The Morgan fingerprint density at radius 3 is 2.69 bits per heavy atom. The molecule has 0 amide bonds. The maximum absolute atomic E-state index is 12.2. The molecule has 0 atom stereocenters. The summed E-state index contributed by atoms with van der Waals surface area (Å²) in [6.07, 6.45) is 0. The number of ether oxygens (including phenoxy) is 1. The number of aromatic nitrogens is 4. The number of nitro groups is 1. The van der Waals surface area contributed by atoms with Crippen LogP contribution in [-0.4, -0.2) is 37.3 Å². The summed E-state index contributed by atoms with van der Waals surface area (Å²) in [6, 6.07) is 14.0. The van der Waals surface area contributed by atoms with Crippen molar-refractivity contribution >= 4 is 40.0 Å². The molecule has 2 aromatic heterocycles. The van der Waals surface area contributed by atoms with Crippen LogP contribution in [-0.2, 0) is 10.5 Å². The van der Waals surface area contributed by atoms with E-state index in [0.29, 0.717) is 16.4 Å². The highest BCUT2D eigenvalue weighted by Crippen LogP contribution is 2.30. The molecule has 0 radical (unpaired) electrons. The molecular formula is C19H15N5O4S. The molecule has 0 fully saturated rings. The molecule has 146 valence electrons. The van der Waals surface area contributed by atoms with E-state index in [-0.39, 0.29) is 18.0 Å². The predicted octanol–water partition coefficient (Wildman–Crippen LogP) is 3.65. The fraction of sp³-hybridized carbons (Fsp3) is 0.158. The molecule has 0 saturated heterocycles. The topological polar surface area (TPSA) is 113 Å². The zero-order valence-electron chi connectivity index (χ0n) is 15.3. The second-order valence-electron chi connectivity index (χ2n) is 6.04. The molecule has 0 unspecified atom stereocenters. The minimum atomic E-state index is -0.573. The molecule has 0 aliphatic carbocycles. The zero-order chi connectivity index (χ0) is 20.4. The van der Waals surface area contributed by atoms with Gasteiger partial charge in [-0.05, 0) is 18.6 Å². The molecule has 2 aromatic carbocycles. The minimum Gasteiger partial charge on any atom is -0.461 e. The quantitative estimate of drug-likeness (QED) is 0.156. The van der Waals surface area contributed by atoms with Crippen LogP contribution in [0.4, 0.5) is 5.69 Å². The first kappa shape index (κ1) is 18.8. The number of esters is 1. The molecule has 4 aromatic rings. The Bertz CT molecular complexity index is 1220. The number of carbonyl (C=O) groups is 1. The summed E-state index contributed by atoms with van der Waals surface area (Å²) in [5, 5.41) is 20.4. The number of carbonyl (C=O) groups excluding carboxylic acids is 1. The standard InChI is InChI=1S/C19H15N5O4S/c1-2-28-19(25)16-17-20-18(14-5-3-4-6-15(14)23(17)22-21-16)29-11-12-7-9-13(10-8-12)24(26)27/h3-10H,2,11H2,1H3. The number of fused-ring (bicyclic) bond motifs is 3. The Kier molecular flexibility index (Phi) is 5.09. The summed E-state index contributed by atoms with van der Waals surface area (Å²) in [6.45, 7) is 1.95. The maximum Gasteiger partial charge on any atom is 0.362 e. The lowest BCUT2D eigenvalue weighted by Gasteiger charge is -2.08. The van der Waals surface area contributed by atoms with Gasteiger partial charge < -0.3 is 4.74 Å². The molecule has 0 saturated carbocycles. The van der Waals surface area contributed by atoms with Gasteiger partial charge in [-0.3, -0.25) is 10.1 Å². The third-order valence-electron chi connectivity index (χ3n) is 4.21. The van der Waals surface area contributed by atoms with Gasteiger partial charge in [0.2, 0.25) is 5.69 Å². The van der Waals surface area contributed by atoms with Crippen LogP contribution in [0.5, 0.6) is 0 Å². The van der Waals surface area contributed by atoms with E-state index in [4.69, 9.17) is 4.74 Å². The van der Waals surface area contributed by atoms with Crippen LogP contribution in [0.1, 0.15) is 23.0 Å². The minimum absolute atomic E-state index is 0.0492. The fourth-order valence-corrected chi connectivity index (χ4v) is 3.82. The third-order valence-corrected chi connectivity index (χ3v) is 5.27. The van der Waals surface area contributed by atoms with Crippen molar-refractivity contribution in [3.05, 3.63) is 69.9 Å². The molecule has 0 bridgehead atoms. The molecule has 0 spiro atoms. The van der Waals surface area contributed by atoms with Crippen LogP contribution < -0.4 is 0 Å². The number of rotatable bonds is 6. The van der Waals surface area contributed by atoms with Crippen molar-refractivity contribution in [2.75, 3.05) is 6.61 Å². The average Bonchev–Trinajstić information content (AvgIpc) is 3.16. The fourth-order valence-electron chi connectivity index (χ4n) is 2.84. The van der Waals surface area contributed by atoms with Crippen molar-refractivity contribution in [1.29, 1.82) is 0 Å². The summed E-state index contributed by atoms with van der Waals surface area (Å²) in [4.78, 5) is 27.2. The van der Waals surface area contributed by atoms with E-state index in [1.54, 1.807) is 19.1 Å². The van der Waals surface area contributed by atoms with E-state index in [2.05, 4.69) is 15.3 Å². The van der Waals surface area contributed by atoms with Crippen LogP contribution in [0.25, 0.3) is 16.6 Å². The van der Waals surface area contributed by atoms with Gasteiger partial charge in [0.05, 0.1) is 17.0 Å². The smallest absolute Gasteiger partial charge is 0.362 e. The number of benzene rings is 2. The number of hydrogen-bond donors (Lipinski definition) is 0. The first-order chi connectivity index (χ1) is 14.1. The lowest BCUT2D eigenvalue weighted by atomic mass is 10.2. The van der Waals surface area contributed by atoms with E-state index in [1.807, 2.05) is 24.3 Å². The van der Waals surface area contributed by atoms with E-state index in [0.717, 1.165) is 16.5 Å². The van der Waals surface area contributed by atoms with Gasteiger partial charge in [-0.1, -0.05) is 35.5 Å². The van der Waals surface area contributed by atoms with E-state index >= 15 is 0 Å².